The summed E-state index contributed by atoms with van der Waals surface area (Å²) in [6.07, 6.45) is 16.3. The average molecular weight is 978 g/mol. The molecule has 360 valence electrons. The lowest BCUT2D eigenvalue weighted by atomic mass is 10.3. The Morgan fingerprint density at radius 2 is 0.452 bits per heavy atom. The first-order valence-electron chi connectivity index (χ1n) is 24.0. The minimum Gasteiger partial charge on any atom is -0.520 e. The van der Waals surface area contributed by atoms with Gasteiger partial charge in [-0.15, -0.1) is 0 Å². The van der Waals surface area contributed by atoms with Crippen molar-refractivity contribution in [2.45, 2.75) is 243 Å². The van der Waals surface area contributed by atoms with E-state index >= 15 is 0 Å². The normalized spacial score (nSPS) is 22.3. The van der Waals surface area contributed by atoms with Crippen LogP contribution in [0, 0.1) is 0 Å². The Labute approximate surface area is 382 Å². The van der Waals surface area contributed by atoms with E-state index in [2.05, 4.69) is 39.3 Å². The molecule has 0 aromatic heterocycles. The van der Waals surface area contributed by atoms with E-state index in [1.165, 1.54) is 177 Å². The molecule has 0 aliphatic carbocycles. The maximum Gasteiger partial charge on any atom is 0.292 e. The van der Waals surface area contributed by atoms with Gasteiger partial charge in [0.05, 0.1) is 0 Å². The second-order valence-electron chi connectivity index (χ2n) is 20.0. The van der Waals surface area contributed by atoms with Crippen molar-refractivity contribution in [2.24, 2.45) is 0 Å². The van der Waals surface area contributed by atoms with Gasteiger partial charge in [0.25, 0.3) is 85.7 Å². The summed E-state index contributed by atoms with van der Waals surface area (Å²) in [5.41, 5.74) is 0. The summed E-state index contributed by atoms with van der Waals surface area (Å²) in [5, 5.41) is 0. The lowest BCUT2D eigenvalue weighted by molar-refractivity contribution is -0.136. The van der Waals surface area contributed by atoms with Crippen LogP contribution < -0.4 is 0 Å². The highest BCUT2D eigenvalue weighted by Gasteiger charge is 2.41. The summed E-state index contributed by atoms with van der Waals surface area (Å²) in [4.78, 5) is 64.4. The van der Waals surface area contributed by atoms with Gasteiger partial charge in [-0.05, 0) is 112 Å². The predicted molar refractivity (Wildman–Crippen MR) is 263 cm³/mol. The summed E-state index contributed by atoms with van der Waals surface area (Å²) in [7, 11) is -8.96. The van der Waals surface area contributed by atoms with Gasteiger partial charge in [0.1, 0.15) is 0 Å². The number of rotatable bonds is 8. The third-order valence-electron chi connectivity index (χ3n) is 12.8. The van der Waals surface area contributed by atoms with Gasteiger partial charge in [0, 0.05) is 40.5 Å². The van der Waals surface area contributed by atoms with Crippen LogP contribution in [0.3, 0.4) is 0 Å². The maximum atomic E-state index is 11.0. The zero-order valence-electron chi connectivity index (χ0n) is 41.3. The number of carbonyl (C=O) groups excluding carboxylic acids is 6. The highest BCUT2D eigenvalue weighted by Crippen LogP contribution is 2.35. The molecule has 6 aliphatic heterocycles. The van der Waals surface area contributed by atoms with E-state index in [0.717, 1.165) is 0 Å². The molecule has 6 fully saturated rings. The van der Waals surface area contributed by atoms with Crippen LogP contribution >= 0.6 is 0 Å². The van der Waals surface area contributed by atoms with Gasteiger partial charge in [0.2, 0.25) is 0 Å². The fraction of sp³-hybridized carbons (Fsp3) is 0.864. The van der Waals surface area contributed by atoms with E-state index in [1.54, 1.807) is 0 Å². The first-order valence-corrected chi connectivity index (χ1v) is 41.0. The molecule has 6 aliphatic rings. The minimum absolute atomic E-state index is 0.000988. The number of hydrogen-bond donors (Lipinski definition) is 0. The number of carbonyl (C=O) groups is 6. The SMILES string of the molecule is CC(=O)O[Si]1(C)CCC1.CC(=O)O[Si]1(C)CCCC1.CC(=O)O[Si]1(C)CCCCC1.CC(=O)O[Si]1(C)CCCCC1.CCC(=O)O[Si]1(C)CCC1.CCC(=O)O[Si]1(C)CCCC1. The van der Waals surface area contributed by atoms with E-state index in [-0.39, 0.29) is 35.8 Å². The zero-order valence-corrected chi connectivity index (χ0v) is 47.3. The monoisotopic (exact) mass is 976 g/mol. The van der Waals surface area contributed by atoms with Crippen molar-refractivity contribution in [1.82, 2.24) is 0 Å². The van der Waals surface area contributed by atoms with Gasteiger partial charge in [-0.3, -0.25) is 28.8 Å². The molecule has 0 bridgehead atoms. The molecular weight excluding hydrogens is 889 g/mol. The smallest absolute Gasteiger partial charge is 0.292 e. The predicted octanol–water partition coefficient (Wildman–Crippen LogP) is 12.3. The first-order chi connectivity index (χ1) is 28.8. The van der Waals surface area contributed by atoms with Gasteiger partial charge in [-0.25, -0.2) is 0 Å². The van der Waals surface area contributed by atoms with Gasteiger partial charge in [-0.2, -0.15) is 0 Å². The summed E-state index contributed by atoms with van der Waals surface area (Å²) in [6, 6.07) is 14.1. The summed E-state index contributed by atoms with van der Waals surface area (Å²) < 4.78 is 32.0. The summed E-state index contributed by atoms with van der Waals surface area (Å²) >= 11 is 0. The topological polar surface area (TPSA) is 158 Å². The van der Waals surface area contributed by atoms with Crippen molar-refractivity contribution in [3.63, 3.8) is 0 Å². The molecule has 0 aromatic carbocycles. The molecule has 0 atom stereocenters. The van der Waals surface area contributed by atoms with Crippen molar-refractivity contribution in [1.29, 1.82) is 0 Å². The Balaban J connectivity index is 0.000000372. The van der Waals surface area contributed by atoms with Crippen LogP contribution in [0.2, 0.25) is 112 Å². The molecule has 0 radical (unpaired) electrons. The molecule has 18 heteroatoms. The van der Waals surface area contributed by atoms with Gasteiger partial charge in [-0.1, -0.05) is 90.9 Å². The molecular formula is C44H88O12Si6. The highest BCUT2D eigenvalue weighted by molar-refractivity contribution is 6.77. The van der Waals surface area contributed by atoms with E-state index < -0.39 is 49.9 Å². The Hall–Kier alpha value is -1.88. The molecule has 0 aromatic rings. The van der Waals surface area contributed by atoms with E-state index in [9.17, 15) is 28.8 Å². The molecule has 0 amide bonds. The molecule has 0 unspecified atom stereocenters. The van der Waals surface area contributed by atoms with Crippen LogP contribution in [-0.2, 0) is 55.3 Å². The molecule has 62 heavy (non-hydrogen) atoms. The molecule has 6 rings (SSSR count). The minimum atomic E-state index is -1.55. The van der Waals surface area contributed by atoms with Crippen LogP contribution in [-0.4, -0.2) is 85.7 Å². The van der Waals surface area contributed by atoms with Crippen molar-refractivity contribution in [3.05, 3.63) is 0 Å². The molecule has 0 saturated carbocycles. The van der Waals surface area contributed by atoms with Crippen LogP contribution in [0.15, 0.2) is 0 Å². The van der Waals surface area contributed by atoms with Crippen LogP contribution in [0.25, 0.3) is 0 Å². The Morgan fingerprint density at radius 1 is 0.290 bits per heavy atom. The highest BCUT2D eigenvalue weighted by atomic mass is 28.4. The van der Waals surface area contributed by atoms with Crippen molar-refractivity contribution >= 4 is 85.7 Å². The lowest BCUT2D eigenvalue weighted by Gasteiger charge is -2.34. The van der Waals surface area contributed by atoms with Gasteiger partial charge in [0.15, 0.2) is 0 Å². The van der Waals surface area contributed by atoms with E-state index in [4.69, 9.17) is 26.6 Å². The van der Waals surface area contributed by atoms with E-state index in [0.29, 0.717) is 12.8 Å². The molecule has 6 heterocycles. The molecule has 0 spiro atoms. The quantitative estimate of drug-likeness (QED) is 0.212. The number of hydrogen-bond acceptors (Lipinski definition) is 12. The van der Waals surface area contributed by atoms with Gasteiger partial charge < -0.3 is 26.6 Å². The third-order valence-corrected chi connectivity index (χ3v) is 34.3. The molecule has 0 N–H and O–H groups in total. The fourth-order valence-corrected chi connectivity index (χ4v) is 26.0. The maximum absolute atomic E-state index is 11.0. The van der Waals surface area contributed by atoms with E-state index in [1.807, 2.05) is 13.8 Å². The Kier molecular flexibility index (Phi) is 26.5. The zero-order chi connectivity index (χ0) is 47.1. The van der Waals surface area contributed by atoms with Crippen molar-refractivity contribution in [3.8, 4) is 0 Å². The summed E-state index contributed by atoms with van der Waals surface area (Å²) in [5.74, 6) is -0.350. The van der Waals surface area contributed by atoms with Crippen molar-refractivity contribution in [2.75, 3.05) is 0 Å². The van der Waals surface area contributed by atoms with Crippen LogP contribution in [0.5, 0.6) is 0 Å². The Morgan fingerprint density at radius 3 is 0.597 bits per heavy atom. The molecule has 12 nitrogen and oxygen atoms in total. The Bertz CT molecular complexity index is 1360. The molecule has 6 saturated heterocycles. The van der Waals surface area contributed by atoms with Gasteiger partial charge >= 0.3 is 0 Å². The first kappa shape index (κ1) is 58.1. The summed E-state index contributed by atoms with van der Waals surface area (Å²) in [6.45, 7) is 22.7. The van der Waals surface area contributed by atoms with Crippen LogP contribution in [0.4, 0.5) is 0 Å². The average Bonchev–Trinajstić information content (AvgIpc) is 3.78. The largest absolute Gasteiger partial charge is 0.520 e. The van der Waals surface area contributed by atoms with Crippen molar-refractivity contribution < 1.29 is 55.3 Å². The standard InChI is InChI=1S/3C8H16O2Si.2C7H14O2Si.C6H12O2Si/c2*1-8(9)10-11(2)6-4-3-5-7-11;1-3-8(9)10-11(2)6-4-5-7-11;1-7(8)9-10(2)5-3-4-6-10;1-3-7(8)9-10(2)5-4-6-10;1-6(7)8-9(2)4-3-5-9/h3*3-7H2,1-2H3;2*3-6H2,1-2H3;3-5H2,1-2H3. The third kappa shape index (κ3) is 25.6. The lowest BCUT2D eigenvalue weighted by Crippen LogP contribution is -2.43. The second kappa shape index (κ2) is 28.2. The fourth-order valence-electron chi connectivity index (χ4n) is 8.89. The van der Waals surface area contributed by atoms with Crippen LogP contribution in [0.1, 0.15) is 131 Å². The second-order valence-corrected chi connectivity index (χ2v) is 44.6.